The third-order valence-electron chi connectivity index (χ3n) is 18.2. The second-order valence-electron chi connectivity index (χ2n) is 25.6. The molecule has 1 unspecified atom stereocenters. The molecule has 81 heavy (non-hydrogen) atoms. The fraction of sp³-hybridized carbons (Fsp3) is 0.689. The van der Waals surface area contributed by atoms with Gasteiger partial charge in [0.25, 0.3) is 0 Å². The number of carbonyl (C=O) groups is 7. The van der Waals surface area contributed by atoms with E-state index in [9.17, 15) is 19.2 Å². The zero-order valence-corrected chi connectivity index (χ0v) is 53.5. The number of allylic oxidation sites excluding steroid dienone is 2. The zero-order valence-electron chi connectivity index (χ0n) is 51.5. The number of rotatable bonds is 20. The van der Waals surface area contributed by atoms with Crippen LogP contribution in [-0.4, -0.2) is 131 Å². The van der Waals surface area contributed by atoms with Crippen molar-refractivity contribution in [1.82, 2.24) is 5.32 Å². The van der Waals surface area contributed by atoms with Crippen molar-refractivity contribution in [3.05, 3.63) is 70.8 Å². The molecule has 450 valence electrons. The van der Waals surface area contributed by atoms with Gasteiger partial charge in [-0.1, -0.05) is 112 Å². The number of hydrogen-bond acceptors (Lipinski definition) is 17. The molecule has 2 bridgehead atoms. The molecule has 4 fully saturated rings. The van der Waals surface area contributed by atoms with Gasteiger partial charge in [-0.2, -0.15) is 0 Å². The van der Waals surface area contributed by atoms with Crippen LogP contribution in [0.3, 0.4) is 0 Å². The summed E-state index contributed by atoms with van der Waals surface area (Å²) in [6.45, 7) is 36.3. The summed E-state index contributed by atoms with van der Waals surface area (Å²) >= 11 is 0. The van der Waals surface area contributed by atoms with Gasteiger partial charge in [0.2, 0.25) is 13.9 Å². The largest absolute Gasteiger partial charge is 0.509 e. The number of fused-ring (bicyclic) bond motifs is 4. The highest BCUT2D eigenvalue weighted by atomic mass is 28.4. The van der Waals surface area contributed by atoms with E-state index in [1.807, 2.05) is 76.2 Å². The van der Waals surface area contributed by atoms with Crippen LogP contribution in [0.4, 0.5) is 9.59 Å². The number of ether oxygens (including phenoxy) is 8. The van der Waals surface area contributed by atoms with Gasteiger partial charge < -0.3 is 52.1 Å². The predicted molar refractivity (Wildman–Crippen MR) is 307 cm³/mol. The normalized spacial score (nSPS) is 29.6. The maximum absolute atomic E-state index is 17.0. The molecule has 12 atom stereocenters. The molecule has 18 nitrogen and oxygen atoms in total. The lowest BCUT2D eigenvalue weighted by Gasteiger charge is -2.68. The molecule has 0 aromatic heterocycles. The number of ketones is 1. The molecule has 3 aliphatic carbocycles. The molecule has 5 aliphatic rings. The zero-order chi connectivity index (χ0) is 60.7. The maximum atomic E-state index is 17.0. The number of alkyl carbamates (subject to hydrolysis) is 1. The minimum atomic E-state index is -3.12. The highest BCUT2D eigenvalue weighted by Gasteiger charge is 2.84. The van der Waals surface area contributed by atoms with Gasteiger partial charge in [0.1, 0.15) is 11.7 Å². The Morgan fingerprint density at radius 2 is 1.46 bits per heavy atom. The van der Waals surface area contributed by atoms with Gasteiger partial charge in [-0.25, -0.2) is 24.0 Å². The average Bonchev–Trinajstić information content (AvgIpc) is 2.79. The molecule has 2 saturated carbocycles. The molecule has 1 N–H and O–H groups in total. The monoisotopic (exact) mass is 1170 g/mol. The Hall–Kier alpha value is -5.16. The quantitative estimate of drug-likeness (QED) is 0.0421. The fourth-order valence-electron chi connectivity index (χ4n) is 14.5. The summed E-state index contributed by atoms with van der Waals surface area (Å²) in [5.74, 6) is -5.77. The van der Waals surface area contributed by atoms with E-state index >= 15 is 14.4 Å². The van der Waals surface area contributed by atoms with Gasteiger partial charge in [-0.3, -0.25) is 9.59 Å². The van der Waals surface area contributed by atoms with Gasteiger partial charge in [-0.15, -0.1) is 0 Å². The second kappa shape index (κ2) is 24.2. The van der Waals surface area contributed by atoms with Crippen LogP contribution in [-0.2, 0) is 65.9 Å². The van der Waals surface area contributed by atoms with Gasteiger partial charge in [-0.05, 0) is 113 Å². The Balaban J connectivity index is 1.76. The van der Waals surface area contributed by atoms with Gasteiger partial charge in [0.05, 0.1) is 35.6 Å². The number of esters is 4. The van der Waals surface area contributed by atoms with E-state index in [1.54, 1.807) is 91.8 Å². The maximum Gasteiger partial charge on any atom is 0.509 e. The number of Topliss-reactive ketones (excluding diaryl/α,β-unsaturated/α-hetero) is 1. The van der Waals surface area contributed by atoms with Crippen LogP contribution >= 0.6 is 0 Å². The number of benzene rings is 1. The summed E-state index contributed by atoms with van der Waals surface area (Å²) < 4.78 is 67.0. The number of nitrogens with one attached hydrogen (secondary N) is 1. The average molecular weight is 1170 g/mol. The van der Waals surface area contributed by atoms with Crippen molar-refractivity contribution in [2.75, 3.05) is 6.61 Å². The van der Waals surface area contributed by atoms with Crippen LogP contribution in [0.5, 0.6) is 0 Å². The molecular formula is C61H91NO17Si2. The van der Waals surface area contributed by atoms with E-state index in [1.165, 1.54) is 19.1 Å². The Bertz CT molecular complexity index is 2620. The SMILES string of the molecule is C/C=C/C(=O)O[C@H]1C(=O)[C@@]2(C)C([C@H](OC(=O)c3ccccc3)[C@]34OC(=O)O[C@H]3[C@H](OC(=O)[C@H](O[Si](C(C)C)(C(C)C)C(C)C)[C@H](C=C(C)C)NC(=O)OC(C)(C)C)C(C)=C1C4(C)C)[C@]1(OC(C)=O)CO[C@@H]1C[C@@H]2O[Si](CC)(CC)CC. The third kappa shape index (κ3) is 11.6. The highest BCUT2D eigenvalue weighted by Crippen LogP contribution is 2.67. The third-order valence-corrected chi connectivity index (χ3v) is 29.0. The lowest BCUT2D eigenvalue weighted by molar-refractivity contribution is -0.344. The Morgan fingerprint density at radius 3 is 1.95 bits per heavy atom. The minimum Gasteiger partial charge on any atom is -0.454 e. The van der Waals surface area contributed by atoms with Crippen molar-refractivity contribution in [1.29, 1.82) is 0 Å². The predicted octanol–water partition coefficient (Wildman–Crippen LogP) is 11.4. The van der Waals surface area contributed by atoms with Gasteiger partial charge in [0.15, 0.2) is 50.2 Å². The first-order valence-corrected chi connectivity index (χ1v) is 33.6. The first-order valence-electron chi connectivity index (χ1n) is 28.9. The summed E-state index contributed by atoms with van der Waals surface area (Å²) in [6, 6.07) is 8.86. The topological polar surface area (TPSA) is 224 Å². The van der Waals surface area contributed by atoms with E-state index in [2.05, 4.69) is 5.32 Å². The van der Waals surface area contributed by atoms with E-state index in [0.717, 1.165) is 0 Å². The summed E-state index contributed by atoms with van der Waals surface area (Å²) in [4.78, 5) is 105. The molecule has 0 radical (unpaired) electrons. The smallest absolute Gasteiger partial charge is 0.454 e. The number of hydrogen-bond donors (Lipinski definition) is 1. The minimum absolute atomic E-state index is 0.0313. The van der Waals surface area contributed by atoms with Crippen LogP contribution in [0.15, 0.2) is 65.3 Å². The van der Waals surface area contributed by atoms with Crippen LogP contribution < -0.4 is 5.32 Å². The standard InChI is InChI=1S/C61H91NO17Si2/c1-21-28-44(64)71-48-45-38(13)46(72-54(67)47(79-81(35(7)8,36(9)10)37(11)12)41(31-34(5)6)62-55(68)76-57(15,16)17)51-61(58(45,18)19,77-56(69)74-51)52(73-53(66)40-29-26-25-27-30-40)49-59(20,50(48)65)42(78-80(22-2,23-3)24-4)32-43-60(49,33-70-43)75-39(14)63/h21,25-31,35-37,41-43,46-49,51-52H,22-24,32-33H2,1-20H3,(H,62,68)/b28-21+/t41-,42-,43+,46+,47+,48+,49?,51-,52-,59+,60-,61+/m0/s1. The molecule has 1 spiro atoms. The van der Waals surface area contributed by atoms with E-state index in [4.69, 9.17) is 46.7 Å². The van der Waals surface area contributed by atoms with Crippen LogP contribution in [0.2, 0.25) is 34.8 Å². The molecule has 1 aromatic carbocycles. The van der Waals surface area contributed by atoms with Crippen molar-refractivity contribution in [2.45, 2.75) is 245 Å². The molecule has 2 saturated heterocycles. The van der Waals surface area contributed by atoms with Crippen LogP contribution in [0.1, 0.15) is 155 Å². The molecule has 20 heteroatoms. The Kier molecular flexibility index (Phi) is 19.4. The first kappa shape index (κ1) is 65.0. The lowest BCUT2D eigenvalue weighted by Crippen LogP contribution is -2.83. The highest BCUT2D eigenvalue weighted by molar-refractivity contribution is 6.77. The summed E-state index contributed by atoms with van der Waals surface area (Å²) in [5, 5.41) is 2.90. The summed E-state index contributed by atoms with van der Waals surface area (Å²) in [7, 11) is -5.86. The second-order valence-corrected chi connectivity index (χ2v) is 35.7. The van der Waals surface area contributed by atoms with Crippen molar-refractivity contribution in [3.8, 4) is 0 Å². The lowest BCUT2D eigenvalue weighted by atomic mass is 9.44. The fourth-order valence-corrected chi connectivity index (χ4v) is 22.9. The van der Waals surface area contributed by atoms with Crippen molar-refractivity contribution < 1.29 is 80.3 Å². The van der Waals surface area contributed by atoms with Crippen LogP contribution in [0.25, 0.3) is 0 Å². The Morgan fingerprint density at radius 1 is 0.864 bits per heavy atom. The molecule has 6 rings (SSSR count). The number of carbonyl (C=O) groups excluding carboxylic acids is 7. The number of amides is 1. The Labute approximate surface area is 481 Å². The van der Waals surface area contributed by atoms with E-state index in [0.29, 0.717) is 23.7 Å². The van der Waals surface area contributed by atoms with Crippen molar-refractivity contribution in [3.63, 3.8) is 0 Å². The van der Waals surface area contributed by atoms with Gasteiger partial charge in [0, 0.05) is 24.8 Å². The van der Waals surface area contributed by atoms with Crippen molar-refractivity contribution in [2.24, 2.45) is 16.7 Å². The molecule has 1 aromatic rings. The van der Waals surface area contributed by atoms with Crippen LogP contribution in [0, 0.1) is 16.7 Å². The molecule has 2 heterocycles. The van der Waals surface area contributed by atoms with E-state index < -0.39 is 141 Å². The summed E-state index contributed by atoms with van der Waals surface area (Å²) in [6.07, 6.45) is -8.45. The van der Waals surface area contributed by atoms with Crippen molar-refractivity contribution >= 4 is 58.5 Å². The molecule has 2 aliphatic heterocycles. The molecule has 1 amide bonds. The van der Waals surface area contributed by atoms with E-state index in [-0.39, 0.29) is 46.4 Å². The summed E-state index contributed by atoms with van der Waals surface area (Å²) in [5.41, 5.74) is -8.00. The molecular weight excluding hydrogens is 1070 g/mol. The first-order chi connectivity index (χ1) is 37.6. The van der Waals surface area contributed by atoms with Gasteiger partial charge >= 0.3 is 36.1 Å².